The summed E-state index contributed by atoms with van der Waals surface area (Å²) < 4.78 is 13.0. The smallest absolute Gasteiger partial charge is 0.123 e. The molecule has 1 aromatic heterocycles. The number of aryl methyl sites for hydroxylation is 1. The molecule has 0 fully saturated rings. The van der Waals surface area contributed by atoms with E-state index in [9.17, 15) is 4.39 Å². The van der Waals surface area contributed by atoms with Crippen molar-refractivity contribution in [3.63, 3.8) is 0 Å². The molecular weight excluding hydrogens is 253 g/mol. The number of halogens is 1. The number of hydrogen-bond donors (Lipinski definition) is 1. The maximum absolute atomic E-state index is 13.0. The molecule has 0 aliphatic heterocycles. The van der Waals surface area contributed by atoms with Crippen LogP contribution in [0.3, 0.4) is 0 Å². The molecule has 3 rings (SSSR count). The van der Waals surface area contributed by atoms with Crippen LogP contribution < -0.4 is 5.32 Å². The van der Waals surface area contributed by atoms with Crippen LogP contribution in [0.15, 0.2) is 48.8 Å². The molecular formula is C16H14FN3. The van der Waals surface area contributed by atoms with E-state index in [2.05, 4.69) is 15.3 Å². The Morgan fingerprint density at radius 1 is 1.00 bits per heavy atom. The van der Waals surface area contributed by atoms with Gasteiger partial charge >= 0.3 is 0 Å². The highest BCUT2D eigenvalue weighted by atomic mass is 19.1. The molecule has 0 saturated heterocycles. The van der Waals surface area contributed by atoms with Crippen molar-refractivity contribution in [3.8, 4) is 0 Å². The van der Waals surface area contributed by atoms with Gasteiger partial charge in [0, 0.05) is 24.6 Å². The standard InChI is InChI=1S/C16H14FN3/c1-11-8-13(17)3-2-12(11)10-20-14-4-5-15-16(9-14)19-7-6-18-15/h2-9,20H,10H2,1H3. The summed E-state index contributed by atoms with van der Waals surface area (Å²) in [6, 6.07) is 10.7. The molecule has 1 heterocycles. The lowest BCUT2D eigenvalue weighted by Crippen LogP contribution is -2.01. The minimum atomic E-state index is -0.202. The van der Waals surface area contributed by atoms with E-state index in [0.717, 1.165) is 27.8 Å². The van der Waals surface area contributed by atoms with Crippen molar-refractivity contribution in [1.29, 1.82) is 0 Å². The Labute approximate surface area is 116 Å². The molecule has 100 valence electrons. The van der Waals surface area contributed by atoms with Crippen LogP contribution in [0, 0.1) is 12.7 Å². The molecule has 2 aromatic carbocycles. The third-order valence-electron chi connectivity index (χ3n) is 3.26. The van der Waals surface area contributed by atoms with Crippen molar-refractivity contribution in [2.24, 2.45) is 0 Å². The van der Waals surface area contributed by atoms with E-state index >= 15 is 0 Å². The van der Waals surface area contributed by atoms with Gasteiger partial charge in [-0.05, 0) is 48.4 Å². The second kappa shape index (κ2) is 5.25. The van der Waals surface area contributed by atoms with Crippen molar-refractivity contribution in [2.45, 2.75) is 13.5 Å². The van der Waals surface area contributed by atoms with E-state index in [1.165, 1.54) is 6.07 Å². The largest absolute Gasteiger partial charge is 0.381 e. The molecule has 0 aliphatic carbocycles. The molecule has 20 heavy (non-hydrogen) atoms. The maximum Gasteiger partial charge on any atom is 0.123 e. The number of anilines is 1. The predicted molar refractivity (Wildman–Crippen MR) is 78.0 cm³/mol. The Morgan fingerprint density at radius 3 is 2.60 bits per heavy atom. The quantitative estimate of drug-likeness (QED) is 0.786. The van der Waals surface area contributed by atoms with Crippen LogP contribution in [0.5, 0.6) is 0 Å². The van der Waals surface area contributed by atoms with Gasteiger partial charge in [-0.3, -0.25) is 9.97 Å². The predicted octanol–water partition coefficient (Wildman–Crippen LogP) is 3.69. The summed E-state index contributed by atoms with van der Waals surface area (Å²) in [5.41, 5.74) is 4.72. The lowest BCUT2D eigenvalue weighted by Gasteiger charge is -2.09. The molecule has 0 aliphatic rings. The van der Waals surface area contributed by atoms with Gasteiger partial charge in [-0.25, -0.2) is 4.39 Å². The number of nitrogens with zero attached hydrogens (tertiary/aromatic N) is 2. The van der Waals surface area contributed by atoms with Crippen LogP contribution in [-0.2, 0) is 6.54 Å². The van der Waals surface area contributed by atoms with Crippen molar-refractivity contribution < 1.29 is 4.39 Å². The van der Waals surface area contributed by atoms with Gasteiger partial charge in [0.1, 0.15) is 5.82 Å². The number of rotatable bonds is 3. The molecule has 0 unspecified atom stereocenters. The summed E-state index contributed by atoms with van der Waals surface area (Å²) in [5.74, 6) is -0.202. The summed E-state index contributed by atoms with van der Waals surface area (Å²) in [6.07, 6.45) is 3.35. The zero-order chi connectivity index (χ0) is 13.9. The first-order valence-electron chi connectivity index (χ1n) is 6.42. The third-order valence-corrected chi connectivity index (χ3v) is 3.26. The summed E-state index contributed by atoms with van der Waals surface area (Å²) >= 11 is 0. The van der Waals surface area contributed by atoms with E-state index in [1.54, 1.807) is 24.5 Å². The first kappa shape index (κ1) is 12.5. The Morgan fingerprint density at radius 2 is 1.80 bits per heavy atom. The zero-order valence-corrected chi connectivity index (χ0v) is 11.1. The molecule has 3 nitrogen and oxygen atoms in total. The van der Waals surface area contributed by atoms with E-state index in [-0.39, 0.29) is 5.82 Å². The van der Waals surface area contributed by atoms with Gasteiger partial charge in [0.05, 0.1) is 11.0 Å². The molecule has 0 radical (unpaired) electrons. The first-order chi connectivity index (χ1) is 9.72. The maximum atomic E-state index is 13.0. The summed E-state index contributed by atoms with van der Waals surface area (Å²) in [5, 5.41) is 3.32. The topological polar surface area (TPSA) is 37.8 Å². The van der Waals surface area contributed by atoms with Gasteiger partial charge in [-0.1, -0.05) is 6.07 Å². The molecule has 0 atom stereocenters. The fraction of sp³-hybridized carbons (Fsp3) is 0.125. The third kappa shape index (κ3) is 2.59. The van der Waals surface area contributed by atoms with Gasteiger partial charge in [-0.15, -0.1) is 0 Å². The normalized spacial score (nSPS) is 10.7. The van der Waals surface area contributed by atoms with Crippen LogP contribution in [0.1, 0.15) is 11.1 Å². The van der Waals surface area contributed by atoms with Crippen molar-refractivity contribution in [1.82, 2.24) is 9.97 Å². The monoisotopic (exact) mass is 267 g/mol. The summed E-state index contributed by atoms with van der Waals surface area (Å²) in [6.45, 7) is 2.56. The lowest BCUT2D eigenvalue weighted by atomic mass is 10.1. The Hall–Kier alpha value is -2.49. The number of benzene rings is 2. The Kier molecular flexibility index (Phi) is 3.29. The van der Waals surface area contributed by atoms with E-state index in [1.807, 2.05) is 25.1 Å². The van der Waals surface area contributed by atoms with Crippen LogP contribution in [0.4, 0.5) is 10.1 Å². The average molecular weight is 267 g/mol. The second-order valence-electron chi connectivity index (χ2n) is 4.68. The summed E-state index contributed by atoms with van der Waals surface area (Å²) in [7, 11) is 0. The van der Waals surface area contributed by atoms with Crippen LogP contribution in [0.2, 0.25) is 0 Å². The number of nitrogens with one attached hydrogen (secondary N) is 1. The van der Waals surface area contributed by atoms with Crippen molar-refractivity contribution in [2.75, 3.05) is 5.32 Å². The first-order valence-corrected chi connectivity index (χ1v) is 6.42. The Balaban J connectivity index is 1.79. The highest BCUT2D eigenvalue weighted by Gasteiger charge is 2.01. The minimum absolute atomic E-state index is 0.202. The van der Waals surface area contributed by atoms with E-state index in [0.29, 0.717) is 6.54 Å². The summed E-state index contributed by atoms with van der Waals surface area (Å²) in [4.78, 5) is 8.51. The zero-order valence-electron chi connectivity index (χ0n) is 11.1. The van der Waals surface area contributed by atoms with Crippen LogP contribution in [0.25, 0.3) is 11.0 Å². The highest BCUT2D eigenvalue weighted by molar-refractivity contribution is 5.78. The van der Waals surface area contributed by atoms with Gasteiger partial charge in [0.15, 0.2) is 0 Å². The number of fused-ring (bicyclic) bond motifs is 1. The van der Waals surface area contributed by atoms with Gasteiger partial charge < -0.3 is 5.32 Å². The number of aromatic nitrogens is 2. The average Bonchev–Trinajstić information content (AvgIpc) is 2.46. The minimum Gasteiger partial charge on any atom is -0.381 e. The molecule has 3 aromatic rings. The molecule has 1 N–H and O–H groups in total. The van der Waals surface area contributed by atoms with Gasteiger partial charge in [0.25, 0.3) is 0 Å². The van der Waals surface area contributed by atoms with E-state index < -0.39 is 0 Å². The number of hydrogen-bond acceptors (Lipinski definition) is 3. The molecule has 0 spiro atoms. The second-order valence-corrected chi connectivity index (χ2v) is 4.68. The molecule has 0 saturated carbocycles. The van der Waals surface area contributed by atoms with Crippen LogP contribution >= 0.6 is 0 Å². The SMILES string of the molecule is Cc1cc(F)ccc1CNc1ccc2nccnc2c1. The molecule has 0 amide bonds. The Bertz CT molecular complexity index is 756. The fourth-order valence-corrected chi connectivity index (χ4v) is 2.13. The van der Waals surface area contributed by atoms with Crippen molar-refractivity contribution >= 4 is 16.7 Å². The van der Waals surface area contributed by atoms with E-state index in [4.69, 9.17) is 0 Å². The van der Waals surface area contributed by atoms with Crippen molar-refractivity contribution in [3.05, 3.63) is 65.7 Å². The van der Waals surface area contributed by atoms with Gasteiger partial charge in [0.2, 0.25) is 0 Å². The van der Waals surface area contributed by atoms with Gasteiger partial charge in [-0.2, -0.15) is 0 Å². The highest BCUT2D eigenvalue weighted by Crippen LogP contribution is 2.17. The lowest BCUT2D eigenvalue weighted by molar-refractivity contribution is 0.625. The molecule has 4 heteroatoms. The van der Waals surface area contributed by atoms with Crippen LogP contribution in [-0.4, -0.2) is 9.97 Å². The molecule has 0 bridgehead atoms. The fourth-order valence-electron chi connectivity index (χ4n) is 2.13.